The molecule has 1 heterocycles. The van der Waals surface area contributed by atoms with Gasteiger partial charge in [-0.3, -0.25) is 4.79 Å². The molecule has 1 saturated carbocycles. The van der Waals surface area contributed by atoms with Crippen LogP contribution in [0.2, 0.25) is 0 Å². The van der Waals surface area contributed by atoms with Crippen LogP contribution in [0.5, 0.6) is 0 Å². The Bertz CT molecular complexity index is 731. The third kappa shape index (κ3) is 3.03. The molecule has 0 bridgehead atoms. The van der Waals surface area contributed by atoms with Crippen LogP contribution >= 0.6 is 15.9 Å². The summed E-state index contributed by atoms with van der Waals surface area (Å²) in [5.41, 5.74) is 0.526. The molecule has 2 N–H and O–H groups in total. The summed E-state index contributed by atoms with van der Waals surface area (Å²) in [5.74, 6) is -0.853. The number of amides is 1. The molecular formula is C17H16BrNO4. The van der Waals surface area contributed by atoms with Gasteiger partial charge in [-0.15, -0.1) is 0 Å². The van der Waals surface area contributed by atoms with Crippen LogP contribution in [0.3, 0.4) is 0 Å². The van der Waals surface area contributed by atoms with E-state index in [9.17, 15) is 9.59 Å². The molecule has 5 nitrogen and oxygen atoms in total. The van der Waals surface area contributed by atoms with E-state index in [2.05, 4.69) is 21.2 Å². The van der Waals surface area contributed by atoms with E-state index in [1.54, 1.807) is 6.07 Å². The summed E-state index contributed by atoms with van der Waals surface area (Å²) in [6.07, 6.45) is 2.66. The van der Waals surface area contributed by atoms with Crippen LogP contribution < -0.4 is 5.32 Å². The molecule has 1 amide bonds. The zero-order valence-corrected chi connectivity index (χ0v) is 13.9. The Hall–Kier alpha value is -2.08. The topological polar surface area (TPSA) is 79.5 Å². The van der Waals surface area contributed by atoms with Crippen LogP contribution in [0.1, 0.15) is 41.1 Å². The minimum absolute atomic E-state index is 0.0423. The van der Waals surface area contributed by atoms with Crippen LogP contribution in [0, 0.1) is 0 Å². The fraction of sp³-hybridized carbons (Fsp3) is 0.294. The van der Waals surface area contributed by atoms with E-state index in [4.69, 9.17) is 9.52 Å². The second-order valence-electron chi connectivity index (χ2n) is 5.70. The largest absolute Gasteiger partial charge is 0.475 e. The third-order valence-corrected chi connectivity index (χ3v) is 4.86. The van der Waals surface area contributed by atoms with E-state index >= 15 is 0 Å². The number of aromatic carboxylic acids is 1. The highest BCUT2D eigenvalue weighted by Gasteiger charge is 2.45. The summed E-state index contributed by atoms with van der Waals surface area (Å²) in [6, 6.07) is 10.8. The molecule has 1 aliphatic carbocycles. The normalized spacial score (nSPS) is 15.7. The average Bonchev–Trinajstić information content (AvgIpc) is 2.95. The second kappa shape index (κ2) is 6.20. The molecule has 1 aromatic heterocycles. The Balaban J connectivity index is 1.70. The summed E-state index contributed by atoms with van der Waals surface area (Å²) in [6.45, 7) is 0.185. The molecule has 2 aromatic rings. The molecule has 120 valence electrons. The number of furan rings is 1. The first kappa shape index (κ1) is 15.8. The number of rotatable bonds is 5. The number of hydrogen-bond donors (Lipinski definition) is 2. The number of hydrogen-bond acceptors (Lipinski definition) is 3. The van der Waals surface area contributed by atoms with Gasteiger partial charge in [0.25, 0.3) is 0 Å². The van der Waals surface area contributed by atoms with E-state index in [-0.39, 0.29) is 18.2 Å². The van der Waals surface area contributed by atoms with E-state index < -0.39 is 11.4 Å². The van der Waals surface area contributed by atoms with Crippen molar-refractivity contribution in [1.82, 2.24) is 5.32 Å². The van der Waals surface area contributed by atoms with Gasteiger partial charge in [0.1, 0.15) is 5.76 Å². The van der Waals surface area contributed by atoms with Gasteiger partial charge in [0, 0.05) is 4.47 Å². The van der Waals surface area contributed by atoms with Gasteiger partial charge in [-0.05, 0) is 42.7 Å². The van der Waals surface area contributed by atoms with Gasteiger partial charge in [0.05, 0.1) is 12.0 Å². The molecule has 0 unspecified atom stereocenters. The van der Waals surface area contributed by atoms with Gasteiger partial charge >= 0.3 is 5.97 Å². The lowest BCUT2D eigenvalue weighted by atomic mass is 9.64. The maximum Gasteiger partial charge on any atom is 0.371 e. The first-order chi connectivity index (χ1) is 11.0. The molecule has 23 heavy (non-hydrogen) atoms. The van der Waals surface area contributed by atoms with Crippen molar-refractivity contribution >= 4 is 27.8 Å². The van der Waals surface area contributed by atoms with Crippen LogP contribution in [-0.2, 0) is 16.8 Å². The summed E-state index contributed by atoms with van der Waals surface area (Å²) < 4.78 is 6.14. The fourth-order valence-electron chi connectivity index (χ4n) is 2.87. The van der Waals surface area contributed by atoms with Crippen LogP contribution in [0.25, 0.3) is 0 Å². The predicted molar refractivity (Wildman–Crippen MR) is 87.2 cm³/mol. The zero-order chi connectivity index (χ0) is 16.4. The third-order valence-electron chi connectivity index (χ3n) is 4.33. The first-order valence-electron chi connectivity index (χ1n) is 7.38. The number of halogens is 1. The number of carboxylic acids is 1. The minimum Gasteiger partial charge on any atom is -0.475 e. The standard InChI is InChI=1S/C17H16BrNO4/c18-12-4-2-11(3-5-12)17(8-1-9-17)16(22)19-10-13-6-7-14(23-13)15(20)21/h2-7H,1,8-10H2,(H,19,22)(H,20,21). The van der Waals surface area contributed by atoms with Crippen molar-refractivity contribution in [2.45, 2.75) is 31.2 Å². The van der Waals surface area contributed by atoms with Gasteiger partial charge in [0.2, 0.25) is 11.7 Å². The van der Waals surface area contributed by atoms with Crippen LogP contribution in [0.15, 0.2) is 45.3 Å². The zero-order valence-electron chi connectivity index (χ0n) is 12.3. The van der Waals surface area contributed by atoms with Crippen LogP contribution in [0.4, 0.5) is 0 Å². The van der Waals surface area contributed by atoms with Gasteiger partial charge in [-0.2, -0.15) is 0 Å². The second-order valence-corrected chi connectivity index (χ2v) is 6.61. The molecule has 0 saturated heterocycles. The van der Waals surface area contributed by atoms with Gasteiger partial charge < -0.3 is 14.8 Å². The highest BCUT2D eigenvalue weighted by Crippen LogP contribution is 2.44. The van der Waals surface area contributed by atoms with E-state index in [0.29, 0.717) is 5.76 Å². The molecule has 0 spiro atoms. The van der Waals surface area contributed by atoms with Gasteiger partial charge in [-0.1, -0.05) is 34.5 Å². The van der Waals surface area contributed by atoms with Crippen molar-refractivity contribution in [2.24, 2.45) is 0 Å². The van der Waals surface area contributed by atoms with E-state index in [1.807, 2.05) is 24.3 Å². The minimum atomic E-state index is -1.12. The Morgan fingerprint density at radius 1 is 1.17 bits per heavy atom. The lowest BCUT2D eigenvalue weighted by Gasteiger charge is -2.40. The number of nitrogens with one attached hydrogen (secondary N) is 1. The van der Waals surface area contributed by atoms with Crippen molar-refractivity contribution in [3.8, 4) is 0 Å². The van der Waals surface area contributed by atoms with Gasteiger partial charge in [-0.25, -0.2) is 4.79 Å². The summed E-state index contributed by atoms with van der Waals surface area (Å²) in [4.78, 5) is 23.5. The average molecular weight is 378 g/mol. The predicted octanol–water partition coefficient (Wildman–Crippen LogP) is 3.48. The molecule has 0 aliphatic heterocycles. The molecule has 1 aromatic carbocycles. The van der Waals surface area contributed by atoms with Crippen LogP contribution in [-0.4, -0.2) is 17.0 Å². The maximum atomic E-state index is 12.7. The maximum absolute atomic E-state index is 12.7. The smallest absolute Gasteiger partial charge is 0.371 e. The van der Waals surface area contributed by atoms with Gasteiger partial charge in [0.15, 0.2) is 0 Å². The lowest BCUT2D eigenvalue weighted by Crippen LogP contribution is -2.48. The van der Waals surface area contributed by atoms with Crippen molar-refractivity contribution < 1.29 is 19.1 Å². The Kier molecular flexibility index (Phi) is 4.26. The SMILES string of the molecule is O=C(O)c1ccc(CNC(=O)C2(c3ccc(Br)cc3)CCC2)o1. The van der Waals surface area contributed by atoms with Crippen molar-refractivity contribution in [3.05, 3.63) is 58.0 Å². The molecule has 6 heteroatoms. The molecule has 1 aliphatic rings. The van der Waals surface area contributed by atoms with Crippen molar-refractivity contribution in [2.75, 3.05) is 0 Å². The monoisotopic (exact) mass is 377 g/mol. The summed E-state index contributed by atoms with van der Waals surface area (Å²) >= 11 is 3.40. The van der Waals surface area contributed by atoms with Crippen molar-refractivity contribution in [1.29, 1.82) is 0 Å². The molecule has 3 rings (SSSR count). The Morgan fingerprint density at radius 3 is 2.39 bits per heavy atom. The lowest BCUT2D eigenvalue weighted by molar-refractivity contribution is -0.130. The van der Waals surface area contributed by atoms with E-state index in [1.165, 1.54) is 6.07 Å². The summed E-state index contributed by atoms with van der Waals surface area (Å²) in [7, 11) is 0. The molecular weight excluding hydrogens is 362 g/mol. The quantitative estimate of drug-likeness (QED) is 0.835. The molecule has 1 fully saturated rings. The number of benzene rings is 1. The van der Waals surface area contributed by atoms with E-state index in [0.717, 1.165) is 29.3 Å². The summed E-state index contributed by atoms with van der Waals surface area (Å²) in [5, 5.41) is 11.7. The molecule has 0 radical (unpaired) electrons. The Labute approximate surface area is 141 Å². The Morgan fingerprint density at radius 2 is 1.87 bits per heavy atom. The van der Waals surface area contributed by atoms with Crippen molar-refractivity contribution in [3.63, 3.8) is 0 Å². The number of carbonyl (C=O) groups is 2. The number of carbonyl (C=O) groups excluding carboxylic acids is 1. The fourth-order valence-corrected chi connectivity index (χ4v) is 3.13. The highest BCUT2D eigenvalue weighted by molar-refractivity contribution is 9.10. The first-order valence-corrected chi connectivity index (χ1v) is 8.17. The molecule has 0 atom stereocenters. The number of carboxylic acid groups (broad SMARTS) is 1. The highest BCUT2D eigenvalue weighted by atomic mass is 79.9.